The molecule has 0 aromatic carbocycles. The van der Waals surface area contributed by atoms with Crippen LogP contribution in [0.5, 0.6) is 0 Å². The van der Waals surface area contributed by atoms with Gasteiger partial charge in [-0.05, 0) is 18.6 Å². The minimum Gasteiger partial charge on any atom is -0.476 e. The first-order chi connectivity index (χ1) is 8.49. The second kappa shape index (κ2) is 4.81. The number of hydrogen-bond acceptors (Lipinski definition) is 4. The molecule has 1 aromatic heterocycles. The van der Waals surface area contributed by atoms with Crippen molar-refractivity contribution in [3.8, 4) is 0 Å². The number of carbonyl (C=O) groups excluding carboxylic acids is 1. The molecule has 2 heterocycles. The lowest BCUT2D eigenvalue weighted by atomic mass is 10.2. The Kier molecular flexibility index (Phi) is 3.38. The first-order valence-corrected chi connectivity index (χ1v) is 5.78. The molecule has 1 aromatic rings. The molecule has 0 radical (unpaired) electrons. The molecular weight excluding hydrogens is 258 g/mol. The number of pyridine rings is 1. The fourth-order valence-corrected chi connectivity index (χ4v) is 1.99. The number of nitrogens with one attached hydrogen (secondary N) is 1. The average molecular weight is 270 g/mol. The number of anilines is 1. The molecule has 1 unspecified atom stereocenters. The minimum atomic E-state index is -1.20. The number of carboxylic acids is 1. The number of rotatable bonds is 3. The van der Waals surface area contributed by atoms with Crippen molar-refractivity contribution >= 4 is 29.3 Å². The molecule has 7 heteroatoms. The maximum atomic E-state index is 11.7. The number of likely N-dealkylation sites (tertiary alicyclic amines) is 1. The summed E-state index contributed by atoms with van der Waals surface area (Å²) in [6, 6.07) is 2.65. The summed E-state index contributed by atoms with van der Waals surface area (Å²) in [4.78, 5) is 28.1. The molecule has 1 amide bonds. The van der Waals surface area contributed by atoms with Crippen LogP contribution >= 0.6 is 11.6 Å². The van der Waals surface area contributed by atoms with Crippen molar-refractivity contribution in [3.63, 3.8) is 0 Å². The monoisotopic (exact) mass is 269 g/mol. The van der Waals surface area contributed by atoms with Crippen LogP contribution in [0.3, 0.4) is 0 Å². The zero-order chi connectivity index (χ0) is 13.3. The van der Waals surface area contributed by atoms with Gasteiger partial charge in [-0.3, -0.25) is 4.79 Å². The van der Waals surface area contributed by atoms with Crippen molar-refractivity contribution in [3.05, 3.63) is 22.8 Å². The fraction of sp³-hybridized carbons (Fsp3) is 0.364. The van der Waals surface area contributed by atoms with Gasteiger partial charge in [-0.2, -0.15) is 0 Å². The van der Waals surface area contributed by atoms with E-state index in [1.807, 2.05) is 0 Å². The third kappa shape index (κ3) is 2.38. The van der Waals surface area contributed by atoms with E-state index in [4.69, 9.17) is 16.7 Å². The summed E-state index contributed by atoms with van der Waals surface area (Å²) in [6.07, 6.45) is 0.669. The lowest BCUT2D eigenvalue weighted by Gasteiger charge is -2.13. The van der Waals surface area contributed by atoms with Crippen molar-refractivity contribution in [1.82, 2.24) is 9.88 Å². The summed E-state index contributed by atoms with van der Waals surface area (Å²) in [5, 5.41) is 11.9. The number of aromatic nitrogens is 1. The Balaban J connectivity index is 2.18. The predicted octanol–water partition coefficient (Wildman–Crippen LogP) is 1.08. The molecule has 2 rings (SSSR count). The number of likely N-dealkylation sites (N-methyl/N-ethyl adjacent to an activating group) is 1. The van der Waals surface area contributed by atoms with Gasteiger partial charge in [0.05, 0.1) is 5.02 Å². The Morgan fingerprint density at radius 1 is 1.61 bits per heavy atom. The van der Waals surface area contributed by atoms with Crippen LogP contribution in [0.25, 0.3) is 0 Å². The summed E-state index contributed by atoms with van der Waals surface area (Å²) in [5.74, 6) is -0.882. The number of halogens is 1. The lowest BCUT2D eigenvalue weighted by molar-refractivity contribution is -0.127. The highest BCUT2D eigenvalue weighted by Gasteiger charge is 2.29. The molecule has 0 saturated carbocycles. The Labute approximate surface area is 109 Å². The Morgan fingerprint density at radius 3 is 2.89 bits per heavy atom. The first-order valence-electron chi connectivity index (χ1n) is 5.40. The molecule has 6 nitrogen and oxygen atoms in total. The van der Waals surface area contributed by atoms with E-state index in [-0.39, 0.29) is 22.7 Å². The standard InChI is InChI=1S/C11H12ClN3O3/c1-15-5-4-7(10(15)16)13-8-3-2-6(12)9(14-8)11(17)18/h2-3,7H,4-5H2,1H3,(H,13,14)(H,17,18). The summed E-state index contributed by atoms with van der Waals surface area (Å²) in [7, 11) is 1.72. The largest absolute Gasteiger partial charge is 0.476 e. The van der Waals surface area contributed by atoms with E-state index in [0.29, 0.717) is 18.8 Å². The van der Waals surface area contributed by atoms with Crippen LogP contribution in [-0.4, -0.2) is 46.5 Å². The highest BCUT2D eigenvalue weighted by atomic mass is 35.5. The van der Waals surface area contributed by atoms with Crippen molar-refractivity contribution in [2.45, 2.75) is 12.5 Å². The van der Waals surface area contributed by atoms with E-state index in [9.17, 15) is 9.59 Å². The molecule has 0 aliphatic carbocycles. The Hall–Kier alpha value is -1.82. The SMILES string of the molecule is CN1CCC(Nc2ccc(Cl)c(C(=O)O)n2)C1=O. The molecule has 1 aliphatic rings. The molecule has 96 valence electrons. The van der Waals surface area contributed by atoms with Crippen LogP contribution in [-0.2, 0) is 4.79 Å². The highest BCUT2D eigenvalue weighted by Crippen LogP contribution is 2.19. The van der Waals surface area contributed by atoms with Crippen LogP contribution in [0.4, 0.5) is 5.82 Å². The van der Waals surface area contributed by atoms with Crippen molar-refractivity contribution in [2.24, 2.45) is 0 Å². The molecule has 18 heavy (non-hydrogen) atoms. The number of hydrogen-bond donors (Lipinski definition) is 2. The van der Waals surface area contributed by atoms with Crippen LogP contribution in [0.1, 0.15) is 16.9 Å². The maximum Gasteiger partial charge on any atom is 0.356 e. The van der Waals surface area contributed by atoms with Gasteiger partial charge in [0, 0.05) is 13.6 Å². The van der Waals surface area contributed by atoms with Gasteiger partial charge >= 0.3 is 5.97 Å². The first kappa shape index (κ1) is 12.6. The second-order valence-corrected chi connectivity index (χ2v) is 4.48. The molecule has 2 N–H and O–H groups in total. The van der Waals surface area contributed by atoms with Gasteiger partial charge in [-0.15, -0.1) is 0 Å². The highest BCUT2D eigenvalue weighted by molar-refractivity contribution is 6.33. The molecule has 1 aliphatic heterocycles. The van der Waals surface area contributed by atoms with E-state index in [2.05, 4.69) is 10.3 Å². The Morgan fingerprint density at radius 2 is 2.33 bits per heavy atom. The van der Waals surface area contributed by atoms with Crippen molar-refractivity contribution in [2.75, 3.05) is 18.9 Å². The Bertz CT molecular complexity index is 506. The van der Waals surface area contributed by atoms with E-state index in [0.717, 1.165) is 0 Å². The quantitative estimate of drug-likeness (QED) is 0.858. The number of carbonyl (C=O) groups is 2. The number of amides is 1. The van der Waals surface area contributed by atoms with Gasteiger partial charge in [0.15, 0.2) is 5.69 Å². The summed E-state index contributed by atoms with van der Waals surface area (Å²) in [5.41, 5.74) is -0.222. The zero-order valence-electron chi connectivity index (χ0n) is 9.68. The van der Waals surface area contributed by atoms with E-state index in [1.165, 1.54) is 6.07 Å². The zero-order valence-corrected chi connectivity index (χ0v) is 10.4. The van der Waals surface area contributed by atoms with E-state index < -0.39 is 5.97 Å². The third-order valence-electron chi connectivity index (χ3n) is 2.80. The third-order valence-corrected chi connectivity index (χ3v) is 3.10. The topological polar surface area (TPSA) is 82.5 Å². The van der Waals surface area contributed by atoms with Crippen LogP contribution in [0.15, 0.2) is 12.1 Å². The predicted molar refractivity (Wildman–Crippen MR) is 65.9 cm³/mol. The molecule has 0 spiro atoms. The van der Waals surface area contributed by atoms with Crippen LogP contribution < -0.4 is 5.32 Å². The molecule has 1 atom stereocenters. The normalized spacial score (nSPS) is 19.1. The lowest BCUT2D eigenvalue weighted by Crippen LogP contribution is -2.31. The van der Waals surface area contributed by atoms with Gasteiger partial charge in [-0.25, -0.2) is 9.78 Å². The van der Waals surface area contributed by atoms with Gasteiger partial charge in [0.25, 0.3) is 0 Å². The van der Waals surface area contributed by atoms with Crippen LogP contribution in [0, 0.1) is 0 Å². The summed E-state index contributed by atoms with van der Waals surface area (Å²) >= 11 is 5.71. The van der Waals surface area contributed by atoms with Gasteiger partial charge in [0.1, 0.15) is 11.9 Å². The summed E-state index contributed by atoms with van der Waals surface area (Å²) in [6.45, 7) is 0.676. The van der Waals surface area contributed by atoms with Crippen LogP contribution in [0.2, 0.25) is 5.02 Å². The fourth-order valence-electron chi connectivity index (χ4n) is 1.81. The molecule has 1 saturated heterocycles. The number of nitrogens with zero attached hydrogens (tertiary/aromatic N) is 2. The molecule has 0 bridgehead atoms. The van der Waals surface area contributed by atoms with E-state index in [1.54, 1.807) is 18.0 Å². The maximum absolute atomic E-state index is 11.7. The number of carboxylic acid groups (broad SMARTS) is 1. The van der Waals surface area contributed by atoms with Gasteiger partial charge < -0.3 is 15.3 Å². The minimum absolute atomic E-state index is 0.0244. The number of aromatic carboxylic acids is 1. The van der Waals surface area contributed by atoms with Crippen molar-refractivity contribution in [1.29, 1.82) is 0 Å². The van der Waals surface area contributed by atoms with E-state index >= 15 is 0 Å². The van der Waals surface area contributed by atoms with Gasteiger partial charge in [0.2, 0.25) is 5.91 Å². The molecular formula is C11H12ClN3O3. The summed E-state index contributed by atoms with van der Waals surface area (Å²) < 4.78 is 0. The second-order valence-electron chi connectivity index (χ2n) is 4.08. The van der Waals surface area contributed by atoms with Gasteiger partial charge in [-0.1, -0.05) is 11.6 Å². The average Bonchev–Trinajstić information content (AvgIpc) is 2.63. The van der Waals surface area contributed by atoms with Crippen molar-refractivity contribution < 1.29 is 14.7 Å². The molecule has 1 fully saturated rings. The smallest absolute Gasteiger partial charge is 0.356 e.